The zero-order valence-corrected chi connectivity index (χ0v) is 18.5. The molecule has 158 valence electrons. The molecule has 0 spiro atoms. The molecule has 0 radical (unpaired) electrons. The van der Waals surface area contributed by atoms with Crippen molar-refractivity contribution in [2.75, 3.05) is 0 Å². The molecule has 0 saturated carbocycles. The van der Waals surface area contributed by atoms with E-state index in [1.807, 2.05) is 48.5 Å². The van der Waals surface area contributed by atoms with Crippen LogP contribution in [0.25, 0.3) is 20.9 Å². The van der Waals surface area contributed by atoms with E-state index in [4.69, 9.17) is 9.47 Å². The van der Waals surface area contributed by atoms with Crippen molar-refractivity contribution in [1.29, 1.82) is 0 Å². The van der Waals surface area contributed by atoms with Gasteiger partial charge >= 0.3 is 11.9 Å². The average Bonchev–Trinajstić information content (AvgIpc) is 3.26. The third-order valence-electron chi connectivity index (χ3n) is 4.52. The molecule has 0 fully saturated rings. The minimum atomic E-state index is -0.382. The second-order valence-corrected chi connectivity index (χ2v) is 8.35. The van der Waals surface area contributed by atoms with Gasteiger partial charge in [0.05, 0.1) is 0 Å². The lowest BCUT2D eigenvalue weighted by Crippen LogP contribution is -2.04. The van der Waals surface area contributed by atoms with Crippen molar-refractivity contribution < 1.29 is 19.1 Å². The summed E-state index contributed by atoms with van der Waals surface area (Å²) >= 11 is 1.70. The second kappa shape index (κ2) is 10.0. The first-order valence-corrected chi connectivity index (χ1v) is 10.6. The SMILES string of the molecule is C=C(C)C(=O)OCc1ccc(-c2ccc(-c3ccc(COC(=O)C(=C)C)cc3)s2)cc1. The Balaban J connectivity index is 1.63. The highest BCUT2D eigenvalue weighted by Gasteiger charge is 2.08. The Morgan fingerprint density at radius 1 is 0.677 bits per heavy atom. The van der Waals surface area contributed by atoms with Crippen LogP contribution in [0, 0.1) is 0 Å². The zero-order valence-electron chi connectivity index (χ0n) is 17.6. The summed E-state index contributed by atoms with van der Waals surface area (Å²) in [6.07, 6.45) is 0. The fraction of sp³-hybridized carbons (Fsp3) is 0.154. The normalized spacial score (nSPS) is 10.4. The van der Waals surface area contributed by atoms with Crippen molar-refractivity contribution in [3.8, 4) is 20.9 Å². The van der Waals surface area contributed by atoms with Gasteiger partial charge in [-0.3, -0.25) is 0 Å². The molecule has 3 aromatic rings. The summed E-state index contributed by atoms with van der Waals surface area (Å²) in [5.41, 5.74) is 4.85. The quantitative estimate of drug-likeness (QED) is 0.309. The van der Waals surface area contributed by atoms with Crippen molar-refractivity contribution in [3.05, 3.63) is 96.1 Å². The van der Waals surface area contributed by atoms with Crippen LogP contribution in [0.5, 0.6) is 0 Å². The molecular formula is C26H24O4S. The van der Waals surface area contributed by atoms with Crippen molar-refractivity contribution in [2.45, 2.75) is 27.1 Å². The summed E-state index contributed by atoms with van der Waals surface area (Å²) < 4.78 is 10.4. The van der Waals surface area contributed by atoms with Gasteiger partial charge in [-0.2, -0.15) is 0 Å². The van der Waals surface area contributed by atoms with Gasteiger partial charge in [-0.05, 0) is 48.2 Å². The molecule has 4 nitrogen and oxygen atoms in total. The highest BCUT2D eigenvalue weighted by molar-refractivity contribution is 7.18. The van der Waals surface area contributed by atoms with E-state index in [1.54, 1.807) is 25.2 Å². The van der Waals surface area contributed by atoms with Crippen molar-refractivity contribution in [2.24, 2.45) is 0 Å². The van der Waals surface area contributed by atoms with E-state index in [-0.39, 0.29) is 25.2 Å². The van der Waals surface area contributed by atoms with Gasteiger partial charge in [0.2, 0.25) is 0 Å². The fourth-order valence-corrected chi connectivity index (χ4v) is 3.74. The van der Waals surface area contributed by atoms with Crippen LogP contribution >= 0.6 is 11.3 Å². The molecule has 0 atom stereocenters. The van der Waals surface area contributed by atoms with E-state index >= 15 is 0 Å². The molecule has 1 heterocycles. The number of hydrogen-bond acceptors (Lipinski definition) is 5. The highest BCUT2D eigenvalue weighted by Crippen LogP contribution is 2.34. The van der Waals surface area contributed by atoms with Crippen molar-refractivity contribution in [1.82, 2.24) is 0 Å². The molecule has 0 N–H and O–H groups in total. The standard InChI is InChI=1S/C26H24O4S/c1-17(2)25(27)29-15-19-5-9-21(10-6-19)23-13-14-24(31-23)22-11-7-20(8-12-22)16-30-26(28)18(3)4/h5-14H,1,3,15-16H2,2,4H3. The van der Waals surface area contributed by atoms with Gasteiger partial charge in [-0.1, -0.05) is 61.7 Å². The largest absolute Gasteiger partial charge is 0.457 e. The fourth-order valence-electron chi connectivity index (χ4n) is 2.72. The Morgan fingerprint density at radius 2 is 1.03 bits per heavy atom. The Kier molecular flexibility index (Phi) is 7.21. The third-order valence-corrected chi connectivity index (χ3v) is 5.70. The van der Waals surface area contributed by atoms with Crippen LogP contribution in [-0.4, -0.2) is 11.9 Å². The van der Waals surface area contributed by atoms with E-state index in [2.05, 4.69) is 25.3 Å². The molecule has 1 aromatic heterocycles. The van der Waals surface area contributed by atoms with Crippen LogP contribution in [0.2, 0.25) is 0 Å². The predicted octanol–water partition coefficient (Wildman–Crippen LogP) is 6.32. The molecule has 0 bridgehead atoms. The highest BCUT2D eigenvalue weighted by atomic mass is 32.1. The van der Waals surface area contributed by atoms with E-state index in [9.17, 15) is 9.59 Å². The first kappa shape index (κ1) is 22.2. The number of carbonyl (C=O) groups is 2. The molecule has 0 aliphatic rings. The maximum atomic E-state index is 11.5. The minimum absolute atomic E-state index is 0.232. The Labute approximate surface area is 186 Å². The molecule has 5 heteroatoms. The predicted molar refractivity (Wildman–Crippen MR) is 124 cm³/mol. The topological polar surface area (TPSA) is 52.6 Å². The molecule has 0 aliphatic heterocycles. The lowest BCUT2D eigenvalue weighted by molar-refractivity contribution is -0.141. The smallest absolute Gasteiger partial charge is 0.333 e. The van der Waals surface area contributed by atoms with Crippen LogP contribution in [0.15, 0.2) is 85.0 Å². The molecule has 2 aromatic carbocycles. The maximum Gasteiger partial charge on any atom is 0.333 e. The maximum absolute atomic E-state index is 11.5. The number of esters is 2. The summed E-state index contributed by atoms with van der Waals surface area (Å²) in [5.74, 6) is -0.765. The monoisotopic (exact) mass is 432 g/mol. The zero-order chi connectivity index (χ0) is 22.4. The van der Waals surface area contributed by atoms with Gasteiger partial charge < -0.3 is 9.47 Å². The van der Waals surface area contributed by atoms with Crippen LogP contribution in [0.4, 0.5) is 0 Å². The van der Waals surface area contributed by atoms with Gasteiger partial charge in [0.1, 0.15) is 13.2 Å². The Morgan fingerprint density at radius 3 is 1.35 bits per heavy atom. The molecule has 0 saturated heterocycles. The number of rotatable bonds is 8. The van der Waals surface area contributed by atoms with Gasteiger partial charge in [-0.25, -0.2) is 9.59 Å². The third kappa shape index (κ3) is 6.03. The number of hydrogen-bond donors (Lipinski definition) is 0. The lowest BCUT2D eigenvalue weighted by atomic mass is 10.1. The Bertz CT molecular complexity index is 1020. The minimum Gasteiger partial charge on any atom is -0.457 e. The average molecular weight is 433 g/mol. The molecule has 3 rings (SSSR count). The molecule has 0 unspecified atom stereocenters. The van der Waals surface area contributed by atoms with Crippen molar-refractivity contribution in [3.63, 3.8) is 0 Å². The molecule has 0 aliphatic carbocycles. The number of ether oxygens (including phenoxy) is 2. The van der Waals surface area contributed by atoms with E-state index < -0.39 is 0 Å². The van der Waals surface area contributed by atoms with E-state index in [0.29, 0.717) is 11.1 Å². The first-order chi connectivity index (χ1) is 14.8. The van der Waals surface area contributed by atoms with E-state index in [1.165, 1.54) is 0 Å². The van der Waals surface area contributed by atoms with Gasteiger partial charge in [0.25, 0.3) is 0 Å². The Hall–Kier alpha value is -3.44. The second-order valence-electron chi connectivity index (χ2n) is 7.27. The van der Waals surface area contributed by atoms with Crippen LogP contribution in [0.3, 0.4) is 0 Å². The number of benzene rings is 2. The van der Waals surface area contributed by atoms with Crippen molar-refractivity contribution >= 4 is 23.3 Å². The van der Waals surface area contributed by atoms with E-state index in [0.717, 1.165) is 32.0 Å². The van der Waals surface area contributed by atoms with Crippen LogP contribution < -0.4 is 0 Å². The van der Waals surface area contributed by atoms with Crippen LogP contribution in [0.1, 0.15) is 25.0 Å². The lowest BCUT2D eigenvalue weighted by Gasteiger charge is -2.06. The molecule has 0 amide bonds. The first-order valence-electron chi connectivity index (χ1n) is 9.77. The van der Waals surface area contributed by atoms with Gasteiger partial charge in [-0.15, -0.1) is 11.3 Å². The van der Waals surface area contributed by atoms with Crippen LogP contribution in [-0.2, 0) is 32.3 Å². The number of carbonyl (C=O) groups excluding carboxylic acids is 2. The molecule has 31 heavy (non-hydrogen) atoms. The van der Waals surface area contributed by atoms with Gasteiger partial charge in [0, 0.05) is 20.9 Å². The summed E-state index contributed by atoms with van der Waals surface area (Å²) in [6, 6.07) is 20.1. The summed E-state index contributed by atoms with van der Waals surface area (Å²) in [6.45, 7) is 10.9. The van der Waals surface area contributed by atoms with Gasteiger partial charge in [0.15, 0.2) is 0 Å². The summed E-state index contributed by atoms with van der Waals surface area (Å²) in [5, 5.41) is 0. The molecular weight excluding hydrogens is 408 g/mol. The number of thiophene rings is 1. The summed E-state index contributed by atoms with van der Waals surface area (Å²) in [4.78, 5) is 25.3. The summed E-state index contributed by atoms with van der Waals surface area (Å²) in [7, 11) is 0.